The predicted octanol–water partition coefficient (Wildman–Crippen LogP) is 7.32. The third-order valence-electron chi connectivity index (χ3n) is 5.10. The highest BCUT2D eigenvalue weighted by molar-refractivity contribution is 6.18. The van der Waals surface area contributed by atoms with Crippen molar-refractivity contribution in [2.75, 3.05) is 18.3 Å². The quantitative estimate of drug-likeness (QED) is 0.0876. The molecule has 8 nitrogen and oxygen atoms in total. The molecule has 2 rings (SSSR count). The lowest BCUT2D eigenvalue weighted by Crippen LogP contribution is -2.42. The number of guanidine groups is 1. The topological polar surface area (TPSA) is 95.1 Å². The average molecular weight is 588 g/mol. The fourth-order valence-corrected chi connectivity index (χ4v) is 3.04. The van der Waals surface area contributed by atoms with E-state index in [9.17, 15) is 9.59 Å². The number of benzene rings is 1. The van der Waals surface area contributed by atoms with E-state index in [1.807, 2.05) is 91.0 Å². The van der Waals surface area contributed by atoms with Gasteiger partial charge in [-0.1, -0.05) is 90.6 Å². The first-order chi connectivity index (χ1) is 19.8. The van der Waals surface area contributed by atoms with Crippen LogP contribution in [0.3, 0.4) is 0 Å². The van der Waals surface area contributed by atoms with Crippen LogP contribution in [0.15, 0.2) is 95.8 Å². The number of hydroxylamine groups is 2. The van der Waals surface area contributed by atoms with Crippen molar-refractivity contribution in [1.82, 2.24) is 15.7 Å². The van der Waals surface area contributed by atoms with Gasteiger partial charge in [0.25, 0.3) is 5.91 Å². The highest BCUT2D eigenvalue weighted by atomic mass is 35.5. The minimum absolute atomic E-state index is 0.00854. The molecule has 3 N–H and O–H groups in total. The Hall–Kier alpha value is -3.62. The standard InChI is InChI=1S/C16H20N4O2.C12H18ClNO.2C2H6/c1-4-12(2)15(21)20(22-3)14-10-11-17-16(19-14)18-13-8-6-5-7-9-13;1-4-7-11(14-12(15)5-2)10(3)8-6-9-13;2*1-2/h4-11,14H,1-3H3,(H2,17,18,19);4,6-8,10H,1,5,9H2,2-3H3,(H,14,15);2*1-2H3/b12-4-;8-6?,11-7+;;. The summed E-state index contributed by atoms with van der Waals surface area (Å²) < 4.78 is 0. The summed E-state index contributed by atoms with van der Waals surface area (Å²) in [7, 11) is 1.45. The fraction of sp³-hybridized carbons (Fsp3) is 0.406. The number of amides is 2. The Labute approximate surface area is 252 Å². The lowest BCUT2D eigenvalue weighted by Gasteiger charge is -2.27. The number of hydrogen-bond donors (Lipinski definition) is 3. The molecule has 0 saturated carbocycles. The molecular formula is C32H50ClN5O3. The Bertz CT molecular complexity index is 1030. The Morgan fingerprint density at radius 2 is 1.85 bits per heavy atom. The Balaban J connectivity index is 0. The molecule has 0 aromatic heterocycles. The van der Waals surface area contributed by atoms with Gasteiger partial charge in [-0.05, 0) is 38.1 Å². The molecule has 228 valence electrons. The number of hydrogen-bond acceptors (Lipinski definition) is 6. The maximum absolute atomic E-state index is 12.3. The van der Waals surface area contributed by atoms with Crippen LogP contribution >= 0.6 is 11.6 Å². The molecule has 2 unspecified atom stereocenters. The zero-order valence-electron chi connectivity index (χ0n) is 26.2. The molecule has 2 atom stereocenters. The third-order valence-corrected chi connectivity index (χ3v) is 5.28. The molecule has 41 heavy (non-hydrogen) atoms. The zero-order chi connectivity index (χ0) is 31.6. The second-order valence-electron chi connectivity index (χ2n) is 7.80. The molecule has 0 aliphatic carbocycles. The number of aliphatic imine (C=N–C) groups is 1. The van der Waals surface area contributed by atoms with Gasteiger partial charge >= 0.3 is 0 Å². The Morgan fingerprint density at radius 1 is 1.22 bits per heavy atom. The van der Waals surface area contributed by atoms with Gasteiger partial charge in [0.15, 0.2) is 6.17 Å². The van der Waals surface area contributed by atoms with E-state index < -0.39 is 6.17 Å². The van der Waals surface area contributed by atoms with E-state index in [-0.39, 0.29) is 17.7 Å². The maximum Gasteiger partial charge on any atom is 0.275 e. The smallest absolute Gasteiger partial charge is 0.275 e. The van der Waals surface area contributed by atoms with Crippen LogP contribution < -0.4 is 16.0 Å². The van der Waals surface area contributed by atoms with Crippen LogP contribution in [-0.4, -0.2) is 42.0 Å². The summed E-state index contributed by atoms with van der Waals surface area (Å²) in [6.07, 6.45) is 12.5. The van der Waals surface area contributed by atoms with Crippen molar-refractivity contribution >= 4 is 35.1 Å². The van der Waals surface area contributed by atoms with Gasteiger partial charge in [0.2, 0.25) is 11.9 Å². The summed E-state index contributed by atoms with van der Waals surface area (Å²) >= 11 is 5.55. The molecular weight excluding hydrogens is 538 g/mol. The Morgan fingerprint density at radius 3 is 2.37 bits per heavy atom. The number of allylic oxidation sites excluding steroid dienone is 5. The first-order valence-electron chi connectivity index (χ1n) is 14.0. The first kappa shape index (κ1) is 39.5. The van der Waals surface area contributed by atoms with Gasteiger partial charge in [0.05, 0.1) is 7.11 Å². The summed E-state index contributed by atoms with van der Waals surface area (Å²) in [6, 6.07) is 9.66. The molecule has 2 amide bonds. The molecule has 0 bridgehead atoms. The van der Waals surface area contributed by atoms with Crippen molar-refractivity contribution in [1.29, 1.82) is 0 Å². The summed E-state index contributed by atoms with van der Waals surface area (Å²) in [5, 5.41) is 10.2. The van der Waals surface area contributed by atoms with Gasteiger partial charge in [0, 0.05) is 41.4 Å². The molecule has 1 aliphatic heterocycles. The summed E-state index contributed by atoms with van der Waals surface area (Å²) in [5.41, 5.74) is 2.35. The monoisotopic (exact) mass is 587 g/mol. The molecule has 1 aromatic carbocycles. The van der Waals surface area contributed by atoms with Crippen LogP contribution in [0.4, 0.5) is 5.69 Å². The lowest BCUT2D eigenvalue weighted by atomic mass is 10.1. The molecule has 0 spiro atoms. The van der Waals surface area contributed by atoms with Crippen molar-refractivity contribution < 1.29 is 14.4 Å². The zero-order valence-corrected chi connectivity index (χ0v) is 27.0. The van der Waals surface area contributed by atoms with Crippen LogP contribution in [0.2, 0.25) is 0 Å². The number of carbonyl (C=O) groups is 2. The molecule has 1 aliphatic rings. The summed E-state index contributed by atoms with van der Waals surface area (Å²) in [4.78, 5) is 33.1. The van der Waals surface area contributed by atoms with Crippen molar-refractivity contribution in [2.45, 2.75) is 68.0 Å². The number of halogens is 1. The number of rotatable bonds is 10. The second kappa shape index (κ2) is 25.4. The Kier molecular flexibility index (Phi) is 24.4. The molecule has 0 fully saturated rings. The van der Waals surface area contributed by atoms with Crippen LogP contribution in [0.25, 0.3) is 0 Å². The molecule has 0 radical (unpaired) electrons. The van der Waals surface area contributed by atoms with E-state index in [2.05, 4.69) is 27.5 Å². The van der Waals surface area contributed by atoms with E-state index >= 15 is 0 Å². The van der Waals surface area contributed by atoms with Gasteiger partial charge in [-0.2, -0.15) is 5.06 Å². The number of alkyl halides is 1. The van der Waals surface area contributed by atoms with Gasteiger partial charge in [-0.25, -0.2) is 4.99 Å². The SMILES string of the molecule is C/C=C(/C)C(=O)N(OC)C1C=CNC(Nc2ccccc2)=N1.C=C/C=C(/NC(=O)CC)C(C)C=CCCl.CC.CC. The number of nitrogens with zero attached hydrogens (tertiary/aromatic N) is 2. The highest BCUT2D eigenvalue weighted by Gasteiger charge is 2.24. The van der Waals surface area contributed by atoms with Crippen LogP contribution in [-0.2, 0) is 14.4 Å². The minimum Gasteiger partial charge on any atom is -0.333 e. The van der Waals surface area contributed by atoms with Crippen molar-refractivity contribution in [2.24, 2.45) is 10.9 Å². The number of carbonyl (C=O) groups excluding carboxylic acids is 2. The van der Waals surface area contributed by atoms with E-state index in [1.165, 1.54) is 12.2 Å². The van der Waals surface area contributed by atoms with E-state index in [0.29, 0.717) is 23.8 Å². The number of nitrogens with one attached hydrogen (secondary N) is 3. The van der Waals surface area contributed by atoms with Crippen molar-refractivity contribution in [3.05, 3.63) is 90.8 Å². The van der Waals surface area contributed by atoms with Crippen LogP contribution in [0, 0.1) is 5.92 Å². The van der Waals surface area contributed by atoms with Crippen molar-refractivity contribution in [3.8, 4) is 0 Å². The number of anilines is 1. The van der Waals surface area contributed by atoms with E-state index in [0.717, 1.165) is 11.4 Å². The average Bonchev–Trinajstić information content (AvgIpc) is 3.02. The van der Waals surface area contributed by atoms with E-state index in [4.69, 9.17) is 16.4 Å². The largest absolute Gasteiger partial charge is 0.333 e. The molecule has 0 saturated heterocycles. The van der Waals surface area contributed by atoms with Gasteiger partial charge in [0.1, 0.15) is 0 Å². The maximum atomic E-state index is 12.3. The van der Waals surface area contributed by atoms with Gasteiger partial charge in [-0.15, -0.1) is 11.6 Å². The van der Waals surface area contributed by atoms with Crippen LogP contribution in [0.5, 0.6) is 0 Å². The first-order valence-corrected chi connectivity index (χ1v) is 14.5. The predicted molar refractivity (Wildman–Crippen MR) is 175 cm³/mol. The van der Waals surface area contributed by atoms with Gasteiger partial charge in [-0.3, -0.25) is 14.4 Å². The molecule has 1 aromatic rings. The fourth-order valence-electron chi connectivity index (χ4n) is 2.93. The lowest BCUT2D eigenvalue weighted by molar-refractivity contribution is -0.178. The van der Waals surface area contributed by atoms with Crippen molar-refractivity contribution in [3.63, 3.8) is 0 Å². The normalized spacial score (nSPS) is 14.8. The van der Waals surface area contributed by atoms with E-state index in [1.54, 1.807) is 37.4 Å². The summed E-state index contributed by atoms with van der Waals surface area (Å²) in [6.45, 7) is 19.0. The third kappa shape index (κ3) is 16.3. The highest BCUT2D eigenvalue weighted by Crippen LogP contribution is 2.13. The molecule has 9 heteroatoms. The summed E-state index contributed by atoms with van der Waals surface area (Å²) in [5.74, 6) is 0.954. The minimum atomic E-state index is -0.528. The van der Waals surface area contributed by atoms with Gasteiger partial charge < -0.3 is 16.0 Å². The molecule has 1 heterocycles. The van der Waals surface area contributed by atoms with Crippen LogP contribution in [0.1, 0.15) is 61.8 Å². The second-order valence-corrected chi connectivity index (χ2v) is 8.11. The number of para-hydroxylation sites is 1.